The van der Waals surface area contributed by atoms with Crippen LogP contribution in [0.4, 0.5) is 0 Å². The molecule has 0 N–H and O–H groups in total. The Morgan fingerprint density at radius 3 is 2.32 bits per heavy atom. The first-order chi connectivity index (χ1) is 9.24. The van der Waals surface area contributed by atoms with E-state index in [1.165, 1.54) is 0 Å². The van der Waals surface area contributed by atoms with E-state index in [1.807, 2.05) is 55.5 Å². The van der Waals surface area contributed by atoms with Gasteiger partial charge in [-0.05, 0) is 37.3 Å². The molecule has 3 rings (SSSR count). The van der Waals surface area contributed by atoms with Crippen LogP contribution in [0.25, 0.3) is 10.8 Å². The van der Waals surface area contributed by atoms with E-state index in [9.17, 15) is 0 Å². The number of hydrogen-bond acceptors (Lipinski definition) is 3. The SMILES string of the molecule is Cc1nnc(Oc2ccc(Br)cc2)c2ccccc12. The van der Waals surface area contributed by atoms with Crippen molar-refractivity contribution in [3.8, 4) is 11.6 Å². The van der Waals surface area contributed by atoms with E-state index in [1.54, 1.807) is 0 Å². The van der Waals surface area contributed by atoms with E-state index in [4.69, 9.17) is 4.74 Å². The second kappa shape index (κ2) is 4.97. The summed E-state index contributed by atoms with van der Waals surface area (Å²) in [6.45, 7) is 1.94. The molecule has 0 saturated carbocycles. The normalized spacial score (nSPS) is 10.6. The highest BCUT2D eigenvalue weighted by Crippen LogP contribution is 2.28. The summed E-state index contributed by atoms with van der Waals surface area (Å²) in [5, 5.41) is 10.3. The molecule has 1 aromatic heterocycles. The summed E-state index contributed by atoms with van der Waals surface area (Å²) < 4.78 is 6.82. The van der Waals surface area contributed by atoms with E-state index in [-0.39, 0.29) is 0 Å². The van der Waals surface area contributed by atoms with Crippen LogP contribution < -0.4 is 4.74 Å². The molecule has 0 spiro atoms. The Morgan fingerprint density at radius 2 is 1.58 bits per heavy atom. The third kappa shape index (κ3) is 2.44. The zero-order valence-corrected chi connectivity index (χ0v) is 11.9. The molecule has 0 unspecified atom stereocenters. The molecule has 0 aliphatic heterocycles. The molecule has 3 nitrogen and oxygen atoms in total. The van der Waals surface area contributed by atoms with Crippen molar-refractivity contribution in [2.45, 2.75) is 6.92 Å². The fraction of sp³-hybridized carbons (Fsp3) is 0.0667. The van der Waals surface area contributed by atoms with Crippen molar-refractivity contribution in [2.75, 3.05) is 0 Å². The van der Waals surface area contributed by atoms with Gasteiger partial charge in [0, 0.05) is 15.2 Å². The number of hydrogen-bond donors (Lipinski definition) is 0. The fourth-order valence-corrected chi connectivity index (χ4v) is 2.17. The van der Waals surface area contributed by atoms with Crippen molar-refractivity contribution in [1.29, 1.82) is 0 Å². The van der Waals surface area contributed by atoms with Crippen LogP contribution in [0.1, 0.15) is 5.69 Å². The summed E-state index contributed by atoms with van der Waals surface area (Å²) in [6.07, 6.45) is 0. The van der Waals surface area contributed by atoms with Crippen molar-refractivity contribution in [1.82, 2.24) is 10.2 Å². The van der Waals surface area contributed by atoms with Crippen molar-refractivity contribution in [3.05, 3.63) is 58.7 Å². The van der Waals surface area contributed by atoms with E-state index >= 15 is 0 Å². The molecule has 0 amide bonds. The van der Waals surface area contributed by atoms with Gasteiger partial charge in [0.2, 0.25) is 5.88 Å². The molecule has 1 heterocycles. The lowest BCUT2D eigenvalue weighted by molar-refractivity contribution is 0.461. The summed E-state index contributed by atoms with van der Waals surface area (Å²) in [6, 6.07) is 15.6. The predicted molar refractivity (Wildman–Crippen MR) is 78.5 cm³/mol. The van der Waals surface area contributed by atoms with E-state index in [0.29, 0.717) is 5.88 Å². The molecule has 0 aliphatic rings. The molecule has 19 heavy (non-hydrogen) atoms. The molecule has 0 aliphatic carbocycles. The lowest BCUT2D eigenvalue weighted by Gasteiger charge is -2.08. The van der Waals surface area contributed by atoms with Crippen LogP contribution >= 0.6 is 15.9 Å². The van der Waals surface area contributed by atoms with E-state index < -0.39 is 0 Å². The van der Waals surface area contributed by atoms with Crippen molar-refractivity contribution in [3.63, 3.8) is 0 Å². The number of aryl methyl sites for hydroxylation is 1. The zero-order valence-electron chi connectivity index (χ0n) is 10.3. The molecular weight excluding hydrogens is 304 g/mol. The van der Waals surface area contributed by atoms with Crippen LogP contribution in [0, 0.1) is 6.92 Å². The van der Waals surface area contributed by atoms with Gasteiger partial charge in [0.15, 0.2) is 0 Å². The molecular formula is C15H11BrN2O. The third-order valence-electron chi connectivity index (χ3n) is 2.87. The average molecular weight is 315 g/mol. The lowest BCUT2D eigenvalue weighted by Crippen LogP contribution is -1.94. The van der Waals surface area contributed by atoms with Gasteiger partial charge < -0.3 is 4.74 Å². The third-order valence-corrected chi connectivity index (χ3v) is 3.39. The lowest BCUT2D eigenvalue weighted by atomic mass is 10.1. The monoisotopic (exact) mass is 314 g/mol. The quantitative estimate of drug-likeness (QED) is 0.699. The van der Waals surface area contributed by atoms with Crippen LogP contribution in [0.5, 0.6) is 11.6 Å². The van der Waals surface area contributed by atoms with Gasteiger partial charge in [-0.2, -0.15) is 5.10 Å². The minimum absolute atomic E-state index is 0.531. The van der Waals surface area contributed by atoms with Crippen LogP contribution in [0.2, 0.25) is 0 Å². The van der Waals surface area contributed by atoms with Crippen molar-refractivity contribution in [2.24, 2.45) is 0 Å². The Hall–Kier alpha value is -1.94. The maximum absolute atomic E-state index is 5.81. The average Bonchev–Trinajstić information content (AvgIpc) is 2.45. The van der Waals surface area contributed by atoms with Gasteiger partial charge >= 0.3 is 0 Å². The molecule has 4 heteroatoms. The Kier molecular flexibility index (Phi) is 3.17. The van der Waals surface area contributed by atoms with Crippen molar-refractivity contribution >= 4 is 26.7 Å². The zero-order chi connectivity index (χ0) is 13.2. The molecule has 0 radical (unpaired) electrons. The van der Waals surface area contributed by atoms with Gasteiger partial charge in [-0.15, -0.1) is 5.10 Å². The molecule has 2 aromatic carbocycles. The maximum Gasteiger partial charge on any atom is 0.246 e. The van der Waals surface area contributed by atoms with Gasteiger partial charge in [-0.25, -0.2) is 0 Å². The number of halogens is 1. The van der Waals surface area contributed by atoms with Crippen LogP contribution in [0.3, 0.4) is 0 Å². The fourth-order valence-electron chi connectivity index (χ4n) is 1.90. The first kappa shape index (κ1) is 12.1. The highest BCUT2D eigenvalue weighted by molar-refractivity contribution is 9.10. The molecule has 94 valence electrons. The summed E-state index contributed by atoms with van der Waals surface area (Å²) in [7, 11) is 0. The Bertz CT molecular complexity index is 726. The topological polar surface area (TPSA) is 35.0 Å². The smallest absolute Gasteiger partial charge is 0.246 e. The minimum atomic E-state index is 0.531. The summed E-state index contributed by atoms with van der Waals surface area (Å²) >= 11 is 3.40. The Balaban J connectivity index is 2.06. The maximum atomic E-state index is 5.81. The van der Waals surface area contributed by atoms with Gasteiger partial charge in [0.05, 0.1) is 5.69 Å². The molecule has 0 fully saturated rings. The Labute approximate surface area is 119 Å². The van der Waals surface area contributed by atoms with Gasteiger partial charge in [0.25, 0.3) is 0 Å². The summed E-state index contributed by atoms with van der Waals surface area (Å²) in [5.74, 6) is 1.27. The van der Waals surface area contributed by atoms with E-state index in [0.717, 1.165) is 26.7 Å². The number of fused-ring (bicyclic) bond motifs is 1. The predicted octanol–water partition coefficient (Wildman–Crippen LogP) is 4.49. The van der Waals surface area contributed by atoms with Gasteiger partial charge in [-0.3, -0.25) is 0 Å². The number of aromatic nitrogens is 2. The summed E-state index contributed by atoms with van der Waals surface area (Å²) in [4.78, 5) is 0. The number of nitrogens with zero attached hydrogens (tertiary/aromatic N) is 2. The standard InChI is InChI=1S/C15H11BrN2O/c1-10-13-4-2-3-5-14(13)15(18-17-10)19-12-8-6-11(16)7-9-12/h2-9H,1H3. The highest BCUT2D eigenvalue weighted by atomic mass is 79.9. The number of ether oxygens (including phenoxy) is 1. The summed E-state index contributed by atoms with van der Waals surface area (Å²) in [5.41, 5.74) is 0.902. The molecule has 0 atom stereocenters. The first-order valence-corrected chi connectivity index (χ1v) is 6.69. The van der Waals surface area contributed by atoms with Crippen LogP contribution in [-0.4, -0.2) is 10.2 Å². The number of benzene rings is 2. The molecule has 3 aromatic rings. The van der Waals surface area contributed by atoms with Crippen molar-refractivity contribution < 1.29 is 4.74 Å². The highest BCUT2D eigenvalue weighted by Gasteiger charge is 2.08. The van der Waals surface area contributed by atoms with E-state index in [2.05, 4.69) is 26.1 Å². The second-order valence-corrected chi connectivity index (χ2v) is 5.11. The minimum Gasteiger partial charge on any atom is -0.437 e. The van der Waals surface area contributed by atoms with Gasteiger partial charge in [-0.1, -0.05) is 34.1 Å². The van der Waals surface area contributed by atoms with Crippen LogP contribution in [0.15, 0.2) is 53.0 Å². The van der Waals surface area contributed by atoms with Gasteiger partial charge in [0.1, 0.15) is 5.75 Å². The largest absolute Gasteiger partial charge is 0.437 e. The Morgan fingerprint density at radius 1 is 0.895 bits per heavy atom. The first-order valence-electron chi connectivity index (χ1n) is 5.89. The molecule has 0 bridgehead atoms. The second-order valence-electron chi connectivity index (χ2n) is 4.19. The number of rotatable bonds is 2. The molecule has 0 saturated heterocycles. The van der Waals surface area contributed by atoms with Crippen LogP contribution in [-0.2, 0) is 0 Å².